The highest BCUT2D eigenvalue weighted by Gasteiger charge is 2.12. The molecule has 1 amide bonds. The molecule has 0 saturated heterocycles. The van der Waals surface area contributed by atoms with E-state index in [0.29, 0.717) is 12.2 Å². The van der Waals surface area contributed by atoms with Crippen molar-refractivity contribution in [2.75, 3.05) is 12.4 Å². The van der Waals surface area contributed by atoms with Gasteiger partial charge in [-0.3, -0.25) is 9.59 Å². The van der Waals surface area contributed by atoms with Crippen LogP contribution in [0.4, 0.5) is 5.69 Å². The Morgan fingerprint density at radius 1 is 1.30 bits per heavy atom. The van der Waals surface area contributed by atoms with Crippen molar-refractivity contribution in [3.63, 3.8) is 0 Å². The average molecular weight is 314 g/mol. The third-order valence-corrected chi connectivity index (χ3v) is 3.49. The number of amides is 1. The Bertz CT molecular complexity index is 763. The zero-order chi connectivity index (χ0) is 17.0. The van der Waals surface area contributed by atoms with Gasteiger partial charge in [0.2, 0.25) is 5.91 Å². The third-order valence-electron chi connectivity index (χ3n) is 3.49. The van der Waals surface area contributed by atoms with Crippen LogP contribution in [0.2, 0.25) is 0 Å². The number of nitrogens with zero attached hydrogens (tertiary/aromatic N) is 1. The molecule has 0 aliphatic heterocycles. The van der Waals surface area contributed by atoms with Gasteiger partial charge in [-0.1, -0.05) is 26.0 Å². The number of aryl methyl sites for hydroxylation is 1. The van der Waals surface area contributed by atoms with Crippen molar-refractivity contribution >= 4 is 11.6 Å². The lowest BCUT2D eigenvalue weighted by Gasteiger charge is -2.13. The second-order valence-electron chi connectivity index (χ2n) is 5.86. The second-order valence-corrected chi connectivity index (χ2v) is 5.86. The fourth-order valence-corrected chi connectivity index (χ4v) is 2.24. The predicted octanol–water partition coefficient (Wildman–Crippen LogP) is 2.81. The lowest BCUT2D eigenvalue weighted by Crippen LogP contribution is -2.28. The fourth-order valence-electron chi connectivity index (χ4n) is 2.24. The molecule has 1 heterocycles. The van der Waals surface area contributed by atoms with Gasteiger partial charge in [0, 0.05) is 12.1 Å². The zero-order valence-electron chi connectivity index (χ0n) is 13.9. The highest BCUT2D eigenvalue weighted by molar-refractivity contribution is 5.91. The summed E-state index contributed by atoms with van der Waals surface area (Å²) in [7, 11) is 1.61. The van der Waals surface area contributed by atoms with Crippen LogP contribution in [0.5, 0.6) is 5.75 Å². The van der Waals surface area contributed by atoms with Crippen molar-refractivity contribution in [3.05, 3.63) is 58.0 Å². The Hall–Kier alpha value is -2.56. The van der Waals surface area contributed by atoms with Crippen LogP contribution in [0.15, 0.2) is 41.3 Å². The van der Waals surface area contributed by atoms with E-state index in [1.807, 2.05) is 31.2 Å². The SMILES string of the molecule is COc1cccc(Cn2cc(C)cc(NC(=O)C(C)C)c2=O)c1. The Balaban J connectivity index is 2.33. The molecule has 1 N–H and O–H groups in total. The molecule has 0 saturated carbocycles. The van der Waals surface area contributed by atoms with Crippen molar-refractivity contribution in [2.45, 2.75) is 27.3 Å². The molecule has 2 rings (SSSR count). The first-order chi connectivity index (χ1) is 10.9. The normalized spacial score (nSPS) is 10.7. The largest absolute Gasteiger partial charge is 0.497 e. The van der Waals surface area contributed by atoms with Crippen molar-refractivity contribution in [1.29, 1.82) is 0 Å². The van der Waals surface area contributed by atoms with Crippen molar-refractivity contribution in [1.82, 2.24) is 4.57 Å². The summed E-state index contributed by atoms with van der Waals surface area (Å²) in [6.45, 7) is 5.90. The molecule has 5 nitrogen and oxygen atoms in total. The minimum absolute atomic E-state index is 0.166. The summed E-state index contributed by atoms with van der Waals surface area (Å²) in [6, 6.07) is 9.27. The van der Waals surface area contributed by atoms with E-state index < -0.39 is 0 Å². The summed E-state index contributed by atoms with van der Waals surface area (Å²) in [5.41, 5.74) is 1.96. The number of anilines is 1. The maximum absolute atomic E-state index is 12.6. The second kappa shape index (κ2) is 7.13. The summed E-state index contributed by atoms with van der Waals surface area (Å²) in [6.07, 6.45) is 1.78. The minimum Gasteiger partial charge on any atom is -0.497 e. The number of methoxy groups -OCH3 is 1. The van der Waals surface area contributed by atoms with E-state index in [9.17, 15) is 9.59 Å². The predicted molar refractivity (Wildman–Crippen MR) is 91.0 cm³/mol. The lowest BCUT2D eigenvalue weighted by atomic mass is 10.2. The molecule has 0 fully saturated rings. The van der Waals surface area contributed by atoms with Crippen LogP contribution in [-0.4, -0.2) is 17.6 Å². The van der Waals surface area contributed by atoms with Gasteiger partial charge in [-0.15, -0.1) is 0 Å². The highest BCUT2D eigenvalue weighted by atomic mass is 16.5. The van der Waals surface area contributed by atoms with Gasteiger partial charge in [0.15, 0.2) is 0 Å². The molecule has 0 unspecified atom stereocenters. The maximum atomic E-state index is 12.6. The number of hydrogen-bond donors (Lipinski definition) is 1. The van der Waals surface area contributed by atoms with Crippen LogP contribution in [0.1, 0.15) is 25.0 Å². The topological polar surface area (TPSA) is 60.3 Å². The summed E-state index contributed by atoms with van der Waals surface area (Å²) in [5.74, 6) is 0.402. The first-order valence-corrected chi connectivity index (χ1v) is 7.55. The van der Waals surface area contributed by atoms with Crippen molar-refractivity contribution in [2.24, 2.45) is 5.92 Å². The van der Waals surface area contributed by atoms with Gasteiger partial charge < -0.3 is 14.6 Å². The van der Waals surface area contributed by atoms with Crippen LogP contribution < -0.4 is 15.6 Å². The summed E-state index contributed by atoms with van der Waals surface area (Å²) in [4.78, 5) is 24.4. The summed E-state index contributed by atoms with van der Waals surface area (Å²) in [5, 5.41) is 2.70. The number of rotatable bonds is 5. The number of carbonyl (C=O) groups is 1. The number of pyridine rings is 1. The number of hydrogen-bond acceptors (Lipinski definition) is 3. The van der Waals surface area contributed by atoms with Crippen LogP contribution in [0.3, 0.4) is 0 Å². The van der Waals surface area contributed by atoms with Crippen LogP contribution >= 0.6 is 0 Å². The van der Waals surface area contributed by atoms with E-state index in [2.05, 4.69) is 5.32 Å². The summed E-state index contributed by atoms with van der Waals surface area (Å²) < 4.78 is 6.80. The molecule has 2 aromatic rings. The molecular formula is C18H22N2O3. The standard InChI is InChI=1S/C18H22N2O3/c1-12(2)17(21)19-16-8-13(3)10-20(18(16)22)11-14-6-5-7-15(9-14)23-4/h5-10,12H,11H2,1-4H3,(H,19,21). The first kappa shape index (κ1) is 16.8. The Morgan fingerprint density at radius 3 is 2.70 bits per heavy atom. The minimum atomic E-state index is -0.215. The van der Waals surface area contributed by atoms with Crippen molar-refractivity contribution in [3.8, 4) is 5.75 Å². The Labute approximate surface area is 135 Å². The maximum Gasteiger partial charge on any atom is 0.274 e. The molecule has 5 heteroatoms. The van der Waals surface area contributed by atoms with E-state index in [-0.39, 0.29) is 17.4 Å². The fraction of sp³-hybridized carbons (Fsp3) is 0.333. The monoisotopic (exact) mass is 314 g/mol. The van der Waals surface area contributed by atoms with Gasteiger partial charge in [0.25, 0.3) is 5.56 Å². The molecular weight excluding hydrogens is 292 g/mol. The molecule has 0 spiro atoms. The number of nitrogens with one attached hydrogen (secondary N) is 1. The van der Waals surface area contributed by atoms with E-state index in [4.69, 9.17) is 4.74 Å². The number of aromatic nitrogens is 1. The zero-order valence-corrected chi connectivity index (χ0v) is 13.9. The van der Waals surface area contributed by atoms with Crippen molar-refractivity contribution < 1.29 is 9.53 Å². The molecule has 0 bridgehead atoms. The molecule has 23 heavy (non-hydrogen) atoms. The van der Waals surface area contributed by atoms with Crippen LogP contribution in [-0.2, 0) is 11.3 Å². The van der Waals surface area contributed by atoms with Gasteiger partial charge in [-0.2, -0.15) is 0 Å². The molecule has 122 valence electrons. The lowest BCUT2D eigenvalue weighted by molar-refractivity contribution is -0.118. The van der Waals surface area contributed by atoms with Gasteiger partial charge in [-0.05, 0) is 36.2 Å². The Morgan fingerprint density at radius 2 is 2.04 bits per heavy atom. The van der Waals surface area contributed by atoms with Crippen LogP contribution in [0, 0.1) is 12.8 Å². The van der Waals surface area contributed by atoms with Gasteiger partial charge >= 0.3 is 0 Å². The van der Waals surface area contributed by atoms with Gasteiger partial charge in [0.05, 0.1) is 13.7 Å². The molecule has 0 atom stereocenters. The third kappa shape index (κ3) is 4.22. The first-order valence-electron chi connectivity index (χ1n) is 7.55. The molecule has 0 aliphatic carbocycles. The van der Waals surface area contributed by atoms with Crippen LogP contribution in [0.25, 0.3) is 0 Å². The van der Waals surface area contributed by atoms with E-state index >= 15 is 0 Å². The quantitative estimate of drug-likeness (QED) is 0.923. The average Bonchev–Trinajstić information content (AvgIpc) is 2.51. The van der Waals surface area contributed by atoms with Gasteiger partial charge in [-0.25, -0.2) is 0 Å². The van der Waals surface area contributed by atoms with E-state index in [1.54, 1.807) is 37.8 Å². The van der Waals surface area contributed by atoms with Gasteiger partial charge in [0.1, 0.15) is 11.4 Å². The smallest absolute Gasteiger partial charge is 0.274 e. The van der Waals surface area contributed by atoms with E-state index in [0.717, 1.165) is 16.9 Å². The van der Waals surface area contributed by atoms with E-state index in [1.165, 1.54) is 0 Å². The number of benzene rings is 1. The molecule has 1 aromatic carbocycles. The molecule has 1 aromatic heterocycles. The number of carbonyl (C=O) groups excluding carboxylic acids is 1. The molecule has 0 radical (unpaired) electrons. The summed E-state index contributed by atoms with van der Waals surface area (Å²) >= 11 is 0. The Kier molecular flexibility index (Phi) is 5.21. The number of ether oxygens (including phenoxy) is 1. The molecule has 0 aliphatic rings. The highest BCUT2D eigenvalue weighted by Crippen LogP contribution is 2.14.